The number of carboxylic acids is 1. The van der Waals surface area contributed by atoms with Gasteiger partial charge in [0.2, 0.25) is 11.7 Å². The van der Waals surface area contributed by atoms with Crippen LogP contribution in [0, 0.1) is 0 Å². The molecule has 0 saturated carbocycles. The van der Waals surface area contributed by atoms with E-state index in [4.69, 9.17) is 9.15 Å². The number of halogens is 3. The monoisotopic (exact) mass is 491 g/mol. The highest BCUT2D eigenvalue weighted by atomic mass is 19.4. The van der Waals surface area contributed by atoms with Gasteiger partial charge in [-0.05, 0) is 25.5 Å². The summed E-state index contributed by atoms with van der Waals surface area (Å²) in [6.45, 7) is 1.68. The van der Waals surface area contributed by atoms with Crippen LogP contribution in [0.4, 0.5) is 13.2 Å². The van der Waals surface area contributed by atoms with Crippen molar-refractivity contribution in [3.8, 4) is 5.75 Å². The lowest BCUT2D eigenvalue weighted by Gasteiger charge is -2.37. The van der Waals surface area contributed by atoms with Crippen molar-refractivity contribution in [2.45, 2.75) is 31.6 Å². The van der Waals surface area contributed by atoms with E-state index in [0.717, 1.165) is 10.5 Å². The summed E-state index contributed by atoms with van der Waals surface area (Å²) in [7, 11) is 0. The maximum absolute atomic E-state index is 13.4. The van der Waals surface area contributed by atoms with Crippen LogP contribution >= 0.6 is 0 Å². The molecule has 2 aromatic heterocycles. The zero-order valence-electron chi connectivity index (χ0n) is 18.5. The molecule has 0 fully saturated rings. The number of ether oxygens (including phenoxy) is 1. The summed E-state index contributed by atoms with van der Waals surface area (Å²) in [6, 6.07) is 9.15. The van der Waals surface area contributed by atoms with E-state index >= 15 is 0 Å². The molecule has 1 aliphatic rings. The Morgan fingerprint density at radius 2 is 1.97 bits per heavy atom. The second kappa shape index (κ2) is 8.60. The largest absolute Gasteiger partial charge is 0.484 e. The van der Waals surface area contributed by atoms with Gasteiger partial charge < -0.3 is 24.5 Å². The number of hydrogen-bond acceptors (Lipinski definition) is 6. The normalized spacial score (nSPS) is 19.0. The number of benzene rings is 1. The van der Waals surface area contributed by atoms with Crippen LogP contribution in [0.1, 0.15) is 41.6 Å². The quantitative estimate of drug-likeness (QED) is 0.561. The SMILES string of the molecule is C[C@H](NC(=O)[C@@]1(C)COc2c(oc3cc(C(F)(F)F)cnc23)C(=O)N1CC(=O)O)c1ccccc1. The van der Waals surface area contributed by atoms with Crippen molar-refractivity contribution in [1.82, 2.24) is 15.2 Å². The first-order chi connectivity index (χ1) is 16.4. The first-order valence-electron chi connectivity index (χ1n) is 10.4. The van der Waals surface area contributed by atoms with Gasteiger partial charge >= 0.3 is 12.1 Å². The fourth-order valence-corrected chi connectivity index (χ4v) is 3.77. The van der Waals surface area contributed by atoms with Crippen LogP contribution in [0.5, 0.6) is 5.75 Å². The lowest BCUT2D eigenvalue weighted by molar-refractivity contribution is -0.142. The molecule has 0 spiro atoms. The number of carboxylic acid groups (broad SMARTS) is 1. The summed E-state index contributed by atoms with van der Waals surface area (Å²) >= 11 is 0. The molecule has 1 aromatic carbocycles. The highest BCUT2D eigenvalue weighted by Crippen LogP contribution is 2.39. The highest BCUT2D eigenvalue weighted by Gasteiger charge is 2.49. The molecular weight excluding hydrogens is 471 g/mol. The molecule has 2 N–H and O–H groups in total. The number of fused-ring (bicyclic) bond motifs is 3. The molecule has 2 amide bonds. The topological polar surface area (TPSA) is 122 Å². The molecule has 3 aromatic rings. The average molecular weight is 491 g/mol. The number of alkyl halides is 3. The molecule has 2 atom stereocenters. The number of hydrogen-bond donors (Lipinski definition) is 2. The third-order valence-corrected chi connectivity index (χ3v) is 5.78. The molecule has 0 aliphatic carbocycles. The minimum atomic E-state index is -4.70. The van der Waals surface area contributed by atoms with Crippen molar-refractivity contribution >= 4 is 28.9 Å². The van der Waals surface area contributed by atoms with Crippen molar-refractivity contribution in [2.24, 2.45) is 0 Å². The fourth-order valence-electron chi connectivity index (χ4n) is 3.77. The third kappa shape index (κ3) is 4.38. The van der Waals surface area contributed by atoms with E-state index < -0.39 is 60.0 Å². The summed E-state index contributed by atoms with van der Waals surface area (Å²) in [4.78, 5) is 42.8. The van der Waals surface area contributed by atoms with Gasteiger partial charge in [-0.1, -0.05) is 30.3 Å². The Balaban J connectivity index is 1.72. The van der Waals surface area contributed by atoms with Crippen LogP contribution in [-0.4, -0.2) is 51.5 Å². The molecule has 0 radical (unpaired) electrons. The van der Waals surface area contributed by atoms with Crippen molar-refractivity contribution in [3.63, 3.8) is 0 Å². The minimum Gasteiger partial charge on any atom is -0.484 e. The maximum Gasteiger partial charge on any atom is 0.418 e. The van der Waals surface area contributed by atoms with E-state index in [1.54, 1.807) is 31.2 Å². The van der Waals surface area contributed by atoms with Gasteiger partial charge in [0.25, 0.3) is 5.91 Å². The third-order valence-electron chi connectivity index (χ3n) is 5.78. The van der Waals surface area contributed by atoms with Gasteiger partial charge in [0.1, 0.15) is 13.2 Å². The van der Waals surface area contributed by atoms with Gasteiger partial charge in [-0.2, -0.15) is 13.2 Å². The number of aliphatic carboxylic acids is 1. The van der Waals surface area contributed by atoms with Crippen molar-refractivity contribution in [3.05, 3.63) is 59.5 Å². The van der Waals surface area contributed by atoms with Crippen LogP contribution in [0.3, 0.4) is 0 Å². The Bertz CT molecular complexity index is 1310. The van der Waals surface area contributed by atoms with Gasteiger partial charge in [-0.3, -0.25) is 14.4 Å². The zero-order chi connectivity index (χ0) is 25.5. The maximum atomic E-state index is 13.4. The van der Waals surface area contributed by atoms with E-state index in [0.29, 0.717) is 12.3 Å². The Morgan fingerprint density at radius 1 is 1.29 bits per heavy atom. The number of pyridine rings is 1. The van der Waals surface area contributed by atoms with Gasteiger partial charge in [0, 0.05) is 6.20 Å². The van der Waals surface area contributed by atoms with E-state index in [1.807, 2.05) is 6.07 Å². The van der Waals surface area contributed by atoms with Crippen molar-refractivity contribution in [1.29, 1.82) is 0 Å². The van der Waals surface area contributed by atoms with Crippen molar-refractivity contribution < 1.29 is 41.8 Å². The number of carbonyl (C=O) groups excluding carboxylic acids is 2. The molecule has 12 heteroatoms. The molecule has 9 nitrogen and oxygen atoms in total. The summed E-state index contributed by atoms with van der Waals surface area (Å²) < 4.78 is 50.2. The summed E-state index contributed by atoms with van der Waals surface area (Å²) in [5.41, 5.74) is -2.63. The summed E-state index contributed by atoms with van der Waals surface area (Å²) in [6.07, 6.45) is -4.13. The van der Waals surface area contributed by atoms with E-state index in [1.165, 1.54) is 6.92 Å². The number of nitrogens with zero attached hydrogens (tertiary/aromatic N) is 2. The predicted molar refractivity (Wildman–Crippen MR) is 115 cm³/mol. The number of carbonyl (C=O) groups is 3. The average Bonchev–Trinajstić information content (AvgIpc) is 3.13. The lowest BCUT2D eigenvalue weighted by Crippen LogP contribution is -2.62. The summed E-state index contributed by atoms with van der Waals surface area (Å²) in [5, 5.41) is 12.2. The predicted octanol–water partition coefficient (Wildman–Crippen LogP) is 3.40. The van der Waals surface area contributed by atoms with Gasteiger partial charge in [-0.25, -0.2) is 4.98 Å². The molecule has 35 heavy (non-hydrogen) atoms. The van der Waals surface area contributed by atoms with Crippen LogP contribution in [0.2, 0.25) is 0 Å². The lowest BCUT2D eigenvalue weighted by atomic mass is 9.97. The van der Waals surface area contributed by atoms with Gasteiger partial charge in [0.15, 0.2) is 22.4 Å². The van der Waals surface area contributed by atoms with Crippen LogP contribution in [0.25, 0.3) is 11.1 Å². The minimum absolute atomic E-state index is 0.154. The fraction of sp³-hybridized carbons (Fsp3) is 0.304. The smallest absolute Gasteiger partial charge is 0.418 e. The molecule has 0 unspecified atom stereocenters. The first kappa shape index (κ1) is 24.0. The Labute approximate surface area is 196 Å². The molecular formula is C23H20F3N3O6. The van der Waals surface area contributed by atoms with E-state index in [-0.39, 0.29) is 16.8 Å². The van der Waals surface area contributed by atoms with Gasteiger partial charge in [0.05, 0.1) is 11.6 Å². The van der Waals surface area contributed by atoms with E-state index in [9.17, 15) is 32.7 Å². The molecule has 4 rings (SSSR count). The number of rotatable bonds is 5. The molecule has 0 saturated heterocycles. The first-order valence-corrected chi connectivity index (χ1v) is 10.4. The van der Waals surface area contributed by atoms with Crippen molar-refractivity contribution in [2.75, 3.05) is 13.2 Å². The number of aromatic nitrogens is 1. The van der Waals surface area contributed by atoms with Crippen LogP contribution in [-0.2, 0) is 15.8 Å². The Morgan fingerprint density at radius 3 is 2.60 bits per heavy atom. The molecule has 3 heterocycles. The standard InChI is InChI=1S/C23H20F3N3O6/c1-12(13-6-4-3-5-7-13)28-21(33)22(2)11-34-18-17-15(8-14(9-27-17)23(24,25)26)35-19(18)20(32)29(22)10-16(30)31/h3-9,12H,10-11H2,1-2H3,(H,28,33)(H,30,31)/t12-,22+/m0/s1. The molecule has 1 aliphatic heterocycles. The Kier molecular flexibility index (Phi) is 5.91. The van der Waals surface area contributed by atoms with Crippen LogP contribution < -0.4 is 10.1 Å². The number of furan rings is 1. The molecule has 0 bridgehead atoms. The van der Waals surface area contributed by atoms with Gasteiger partial charge in [-0.15, -0.1) is 0 Å². The van der Waals surface area contributed by atoms with E-state index in [2.05, 4.69) is 10.3 Å². The Hall–Kier alpha value is -4.09. The second-order valence-electron chi connectivity index (χ2n) is 8.28. The number of amides is 2. The van der Waals surface area contributed by atoms with Crippen LogP contribution in [0.15, 0.2) is 47.0 Å². The number of nitrogens with one attached hydrogen (secondary N) is 1. The molecule has 184 valence electrons. The highest BCUT2D eigenvalue weighted by molar-refractivity contribution is 6.05. The zero-order valence-corrected chi connectivity index (χ0v) is 18.5. The second-order valence-corrected chi connectivity index (χ2v) is 8.28. The summed E-state index contributed by atoms with van der Waals surface area (Å²) in [5.74, 6) is -3.94.